The summed E-state index contributed by atoms with van der Waals surface area (Å²) in [5.41, 5.74) is 0. The van der Waals surface area contributed by atoms with Gasteiger partial charge in [-0.3, -0.25) is 9.36 Å². The number of quaternary nitrogens is 1. The number of unbranched alkanes of at least 4 members (excludes halogenated alkanes) is 30. The number of aliphatic hydroxyl groups is 1. The number of carbonyl (C=O) groups excluding carboxylic acids is 1. The number of phosphoric ester groups is 1. The molecule has 0 radical (unpaired) electrons. The number of nitrogens with zero attached hydrogens (tertiary/aromatic N) is 1. The monoisotopic (exact) mass is 989 g/mol. The van der Waals surface area contributed by atoms with Crippen LogP contribution >= 0.6 is 7.82 Å². The van der Waals surface area contributed by atoms with E-state index in [0.29, 0.717) is 23.9 Å². The normalized spacial score (nSPS) is 14.4. The maximum absolute atomic E-state index is 12.9. The number of amides is 1. The molecule has 0 aliphatic rings. The topological polar surface area (TPSA) is 108 Å². The molecular weight excluding hydrogens is 876 g/mol. The fraction of sp³-hybridized carbons (Fsp3) is 0.817. The molecule has 9 heteroatoms. The predicted molar refractivity (Wildman–Crippen MR) is 297 cm³/mol. The van der Waals surface area contributed by atoms with E-state index in [0.717, 1.165) is 57.8 Å². The minimum absolute atomic E-state index is 0.000668. The summed E-state index contributed by atoms with van der Waals surface area (Å²) < 4.78 is 23.4. The van der Waals surface area contributed by atoms with Gasteiger partial charge in [0.2, 0.25) is 5.91 Å². The average Bonchev–Trinajstić information content (AvgIpc) is 3.31. The van der Waals surface area contributed by atoms with Gasteiger partial charge in [0.25, 0.3) is 7.82 Å². The highest BCUT2D eigenvalue weighted by molar-refractivity contribution is 7.45. The molecule has 0 bridgehead atoms. The summed E-state index contributed by atoms with van der Waals surface area (Å²) in [5.74, 6) is -0.220. The average molecular weight is 990 g/mol. The molecule has 2 N–H and O–H groups in total. The molecule has 0 aliphatic heterocycles. The first kappa shape index (κ1) is 67.2. The first-order chi connectivity index (χ1) is 33.5. The fourth-order valence-electron chi connectivity index (χ4n) is 8.49. The number of carbonyl (C=O) groups is 1. The van der Waals surface area contributed by atoms with E-state index < -0.39 is 20.0 Å². The predicted octanol–water partition coefficient (Wildman–Crippen LogP) is 17.1. The first-order valence-electron chi connectivity index (χ1n) is 29.1. The maximum Gasteiger partial charge on any atom is 0.268 e. The zero-order chi connectivity index (χ0) is 50.6. The SMILES string of the molecule is CC/C=C\C/C=C\C/C=C\C/C=C\C/C=C\CCCC(=O)NC(COP(=O)([O-])OCC[N+](C)(C)C)C(O)CCCCCCCCCCCCCCCCCCCCCCCCCCCCCCCC. The Bertz CT molecular complexity index is 1310. The van der Waals surface area contributed by atoms with Gasteiger partial charge in [-0.05, 0) is 51.4 Å². The molecule has 0 saturated carbocycles. The van der Waals surface area contributed by atoms with E-state index in [9.17, 15) is 19.4 Å². The van der Waals surface area contributed by atoms with Gasteiger partial charge in [0, 0.05) is 6.42 Å². The Morgan fingerprint density at radius 2 is 0.870 bits per heavy atom. The maximum atomic E-state index is 12.9. The zero-order valence-electron chi connectivity index (χ0n) is 46.0. The number of allylic oxidation sites excluding steroid dienone is 10. The summed E-state index contributed by atoms with van der Waals surface area (Å²) in [6, 6.07) is -0.834. The number of hydrogen-bond donors (Lipinski definition) is 2. The summed E-state index contributed by atoms with van der Waals surface area (Å²) in [4.78, 5) is 25.5. The molecule has 404 valence electrons. The van der Waals surface area contributed by atoms with Crippen molar-refractivity contribution >= 4 is 13.7 Å². The van der Waals surface area contributed by atoms with Crippen molar-refractivity contribution in [3.63, 3.8) is 0 Å². The van der Waals surface area contributed by atoms with Crippen LogP contribution in [0.1, 0.15) is 264 Å². The van der Waals surface area contributed by atoms with Crippen molar-refractivity contribution in [3.8, 4) is 0 Å². The number of hydrogen-bond acceptors (Lipinski definition) is 6. The van der Waals surface area contributed by atoms with E-state index in [4.69, 9.17) is 9.05 Å². The van der Waals surface area contributed by atoms with E-state index in [1.165, 1.54) is 173 Å². The molecule has 0 heterocycles. The Kier molecular flexibility index (Phi) is 49.8. The van der Waals surface area contributed by atoms with Gasteiger partial charge >= 0.3 is 0 Å². The van der Waals surface area contributed by atoms with E-state index in [1.807, 2.05) is 21.1 Å². The lowest BCUT2D eigenvalue weighted by molar-refractivity contribution is -0.870. The third-order valence-corrected chi connectivity index (χ3v) is 14.0. The Morgan fingerprint density at radius 1 is 0.522 bits per heavy atom. The molecule has 0 spiro atoms. The van der Waals surface area contributed by atoms with Crippen LogP contribution in [0.5, 0.6) is 0 Å². The van der Waals surface area contributed by atoms with Gasteiger partial charge in [-0.25, -0.2) is 0 Å². The molecule has 0 aliphatic carbocycles. The summed E-state index contributed by atoms with van der Waals surface area (Å²) >= 11 is 0. The van der Waals surface area contributed by atoms with Gasteiger partial charge in [0.05, 0.1) is 39.9 Å². The molecule has 3 unspecified atom stereocenters. The summed E-state index contributed by atoms with van der Waals surface area (Å²) in [6.45, 7) is 4.58. The van der Waals surface area contributed by atoms with Crippen LogP contribution in [-0.2, 0) is 18.4 Å². The smallest absolute Gasteiger partial charge is 0.268 e. The minimum Gasteiger partial charge on any atom is -0.756 e. The number of rotatable bonds is 53. The Balaban J connectivity index is 4.13. The quantitative estimate of drug-likeness (QED) is 0.0272. The van der Waals surface area contributed by atoms with Gasteiger partial charge in [-0.15, -0.1) is 0 Å². The van der Waals surface area contributed by atoms with E-state index in [-0.39, 0.29) is 25.5 Å². The molecule has 0 fully saturated rings. The molecule has 0 saturated heterocycles. The van der Waals surface area contributed by atoms with Crippen LogP contribution in [0.2, 0.25) is 0 Å². The Labute approximate surface area is 428 Å². The van der Waals surface area contributed by atoms with Gasteiger partial charge in [-0.2, -0.15) is 0 Å². The van der Waals surface area contributed by atoms with Crippen LogP contribution in [0, 0.1) is 0 Å². The molecule has 69 heavy (non-hydrogen) atoms. The second kappa shape index (κ2) is 51.1. The van der Waals surface area contributed by atoms with Crippen molar-refractivity contribution in [3.05, 3.63) is 60.8 Å². The van der Waals surface area contributed by atoms with Crippen LogP contribution < -0.4 is 10.2 Å². The molecule has 0 rings (SSSR count). The molecule has 8 nitrogen and oxygen atoms in total. The number of aliphatic hydroxyl groups excluding tert-OH is 1. The zero-order valence-corrected chi connectivity index (χ0v) is 46.9. The highest BCUT2D eigenvalue weighted by Crippen LogP contribution is 2.38. The lowest BCUT2D eigenvalue weighted by Gasteiger charge is -2.30. The second-order valence-electron chi connectivity index (χ2n) is 21.0. The van der Waals surface area contributed by atoms with Crippen molar-refractivity contribution < 1.29 is 32.9 Å². The largest absolute Gasteiger partial charge is 0.756 e. The Hall–Kier alpha value is -1.80. The molecular formula is C60H113N2O6P. The van der Waals surface area contributed by atoms with Gasteiger partial charge in [0.15, 0.2) is 0 Å². The van der Waals surface area contributed by atoms with Gasteiger partial charge in [0.1, 0.15) is 13.2 Å². The van der Waals surface area contributed by atoms with E-state index in [1.54, 1.807) is 0 Å². The lowest BCUT2D eigenvalue weighted by atomic mass is 10.0. The van der Waals surface area contributed by atoms with Gasteiger partial charge < -0.3 is 28.8 Å². The molecule has 0 aromatic rings. The van der Waals surface area contributed by atoms with Crippen LogP contribution in [-0.4, -0.2) is 68.5 Å². The number of phosphoric acid groups is 1. The molecule has 3 atom stereocenters. The van der Waals surface area contributed by atoms with E-state index >= 15 is 0 Å². The standard InChI is InChI=1S/C60H113N2O6P/c1-6-8-10-12-14-16-18-20-22-24-25-26-27-28-29-30-31-32-33-34-35-36-38-39-41-43-45-47-49-51-53-59(63)58(57-68-69(65,66)67-56-55-62(3,4)5)61-60(64)54-52-50-48-46-44-42-40-37-23-21-19-17-15-13-11-9-7-2/h9,11,15,17,21,23,40,42,46,48,58-59,63H,6-8,10,12-14,16,18-20,22,24-39,41,43-45,47,49-57H2,1-5H3,(H-,61,64,65,66)/b11-9-,17-15-,23-21-,42-40-,48-46-. The minimum atomic E-state index is -4.59. The second-order valence-corrected chi connectivity index (χ2v) is 22.4. The molecule has 0 aromatic carbocycles. The third-order valence-electron chi connectivity index (χ3n) is 13.0. The van der Waals surface area contributed by atoms with Crippen LogP contribution in [0.25, 0.3) is 0 Å². The van der Waals surface area contributed by atoms with Gasteiger partial charge in [-0.1, -0.05) is 267 Å². The fourth-order valence-corrected chi connectivity index (χ4v) is 9.21. The number of nitrogens with one attached hydrogen (secondary N) is 1. The summed E-state index contributed by atoms with van der Waals surface area (Å²) in [6.07, 6.45) is 68.5. The highest BCUT2D eigenvalue weighted by Gasteiger charge is 2.24. The molecule has 1 amide bonds. The van der Waals surface area contributed by atoms with Crippen LogP contribution in [0.4, 0.5) is 0 Å². The summed E-state index contributed by atoms with van der Waals surface area (Å²) in [7, 11) is 1.27. The van der Waals surface area contributed by atoms with Crippen LogP contribution in [0.15, 0.2) is 60.8 Å². The van der Waals surface area contributed by atoms with Crippen LogP contribution in [0.3, 0.4) is 0 Å². The number of likely N-dealkylation sites (N-methyl/N-ethyl adjacent to an activating group) is 1. The van der Waals surface area contributed by atoms with Crippen molar-refractivity contribution in [2.24, 2.45) is 0 Å². The third kappa shape index (κ3) is 53.8. The lowest BCUT2D eigenvalue weighted by Crippen LogP contribution is -2.46. The highest BCUT2D eigenvalue weighted by atomic mass is 31.2. The van der Waals surface area contributed by atoms with Crippen molar-refractivity contribution in [2.45, 2.75) is 276 Å². The van der Waals surface area contributed by atoms with Crippen molar-refractivity contribution in [1.29, 1.82) is 0 Å². The first-order valence-corrected chi connectivity index (χ1v) is 30.6. The summed E-state index contributed by atoms with van der Waals surface area (Å²) in [5, 5.41) is 14.0. The van der Waals surface area contributed by atoms with Crippen molar-refractivity contribution in [1.82, 2.24) is 5.32 Å². The Morgan fingerprint density at radius 3 is 1.23 bits per heavy atom. The molecule has 0 aromatic heterocycles. The van der Waals surface area contributed by atoms with E-state index in [2.05, 4.69) is 79.9 Å². The van der Waals surface area contributed by atoms with Crippen molar-refractivity contribution in [2.75, 3.05) is 40.9 Å².